The summed E-state index contributed by atoms with van der Waals surface area (Å²) in [4.78, 5) is 10.9. The van der Waals surface area contributed by atoms with Crippen molar-refractivity contribution in [2.75, 3.05) is 0 Å². The fourth-order valence-electron chi connectivity index (χ4n) is 9.26. The van der Waals surface area contributed by atoms with Crippen LogP contribution in [0.3, 0.4) is 0 Å². The summed E-state index contributed by atoms with van der Waals surface area (Å²) in [6.45, 7) is 0. The Kier molecular flexibility index (Phi) is 7.54. The average molecular weight is 750 g/mol. The number of nitrogens with zero attached hydrogens (tertiary/aromatic N) is 3. The maximum Gasteiger partial charge on any atom is 0.160 e. The molecule has 2 aromatic heterocycles. The SMILES string of the molecule is c1ccc(-c2cccc(-c3nc(-c4cccc(-c5cccc(-c6ccc7c8c(cccc68)-c6ccccc6-7)c5)c4)nc4c5ccccc5n(-c5ccccc5)c34)c2)cc1. The molecule has 0 atom stereocenters. The van der Waals surface area contributed by atoms with Gasteiger partial charge < -0.3 is 4.57 Å². The summed E-state index contributed by atoms with van der Waals surface area (Å²) in [7, 11) is 0. The van der Waals surface area contributed by atoms with E-state index in [1.54, 1.807) is 0 Å². The van der Waals surface area contributed by atoms with Crippen LogP contribution >= 0.6 is 0 Å². The first-order valence-electron chi connectivity index (χ1n) is 20.2. The molecule has 0 N–H and O–H groups in total. The van der Waals surface area contributed by atoms with Gasteiger partial charge in [-0.2, -0.15) is 0 Å². The van der Waals surface area contributed by atoms with Gasteiger partial charge in [0.15, 0.2) is 5.82 Å². The minimum Gasteiger partial charge on any atom is -0.306 e. The predicted molar refractivity (Wildman–Crippen MR) is 245 cm³/mol. The molecule has 0 aliphatic heterocycles. The Morgan fingerprint density at radius 2 is 0.831 bits per heavy atom. The highest BCUT2D eigenvalue weighted by Crippen LogP contribution is 2.49. The average Bonchev–Trinajstić information content (AvgIpc) is 3.83. The van der Waals surface area contributed by atoms with E-state index in [4.69, 9.17) is 9.97 Å². The number of fused-ring (bicyclic) bond motifs is 6. The summed E-state index contributed by atoms with van der Waals surface area (Å²) in [6, 6.07) is 76.1. The van der Waals surface area contributed by atoms with Crippen molar-refractivity contribution in [3.8, 4) is 84.0 Å². The quantitative estimate of drug-likeness (QED) is 0.169. The fraction of sp³-hybridized carbons (Fsp3) is 0. The molecule has 2 heterocycles. The Morgan fingerprint density at radius 3 is 1.61 bits per heavy atom. The summed E-state index contributed by atoms with van der Waals surface area (Å²) in [6.07, 6.45) is 0. The number of hydrogen-bond donors (Lipinski definition) is 0. The van der Waals surface area contributed by atoms with Crippen LogP contribution in [0.4, 0.5) is 0 Å². The van der Waals surface area contributed by atoms with E-state index in [2.05, 4.69) is 217 Å². The standard InChI is InChI=1S/C56H35N3/c1-3-15-36(16-4-1)37-17-12-21-41(34-37)53-55-54(50-27-9-10-30-51(50)59(55)43-23-5-2-6-24-43)58-56(57-53)42-22-13-19-39(35-42)38-18-11-20-40(33-38)44-31-32-49-46-26-8-7-25-45(46)48-29-14-28-47(44)52(48)49/h1-35H. The van der Waals surface area contributed by atoms with Gasteiger partial charge in [-0.1, -0.05) is 176 Å². The maximum atomic E-state index is 5.50. The molecule has 9 aromatic carbocycles. The van der Waals surface area contributed by atoms with Crippen molar-refractivity contribution >= 4 is 32.7 Å². The maximum absolute atomic E-state index is 5.50. The Morgan fingerprint density at radius 1 is 0.322 bits per heavy atom. The van der Waals surface area contributed by atoms with Gasteiger partial charge in [0, 0.05) is 22.2 Å². The zero-order valence-electron chi connectivity index (χ0n) is 32.0. The summed E-state index contributed by atoms with van der Waals surface area (Å²) in [5, 5.41) is 3.71. The van der Waals surface area contributed by atoms with Crippen LogP contribution in [0.1, 0.15) is 0 Å². The van der Waals surface area contributed by atoms with Gasteiger partial charge in [-0.15, -0.1) is 0 Å². The van der Waals surface area contributed by atoms with Crippen molar-refractivity contribution in [3.05, 3.63) is 212 Å². The smallest absolute Gasteiger partial charge is 0.160 e. The van der Waals surface area contributed by atoms with Gasteiger partial charge in [-0.05, 0) is 103 Å². The number of aromatic nitrogens is 3. The molecule has 0 spiro atoms. The van der Waals surface area contributed by atoms with Crippen LogP contribution in [0.25, 0.3) is 117 Å². The van der Waals surface area contributed by atoms with Crippen molar-refractivity contribution in [2.45, 2.75) is 0 Å². The Labute approximate surface area is 342 Å². The van der Waals surface area contributed by atoms with E-state index in [-0.39, 0.29) is 0 Å². The van der Waals surface area contributed by atoms with Crippen LogP contribution in [0.15, 0.2) is 212 Å². The molecule has 0 saturated heterocycles. The third-order valence-corrected chi connectivity index (χ3v) is 11.9. The molecule has 0 amide bonds. The second kappa shape index (κ2) is 13.4. The molecule has 3 heteroatoms. The second-order valence-corrected chi connectivity index (χ2v) is 15.3. The van der Waals surface area contributed by atoms with E-state index in [0.717, 1.165) is 61.1 Å². The molecule has 0 radical (unpaired) electrons. The normalized spacial score (nSPS) is 11.7. The summed E-state index contributed by atoms with van der Waals surface area (Å²) in [5.74, 6) is 0.693. The van der Waals surface area contributed by atoms with Gasteiger partial charge in [0.2, 0.25) is 0 Å². The summed E-state index contributed by atoms with van der Waals surface area (Å²) < 4.78 is 2.32. The van der Waals surface area contributed by atoms with Crippen LogP contribution in [0.2, 0.25) is 0 Å². The van der Waals surface area contributed by atoms with Crippen molar-refractivity contribution < 1.29 is 0 Å². The van der Waals surface area contributed by atoms with Crippen LogP contribution in [-0.4, -0.2) is 14.5 Å². The zero-order valence-corrected chi connectivity index (χ0v) is 32.0. The van der Waals surface area contributed by atoms with E-state index in [9.17, 15) is 0 Å². The molecule has 1 aliphatic rings. The molecule has 12 rings (SSSR count). The van der Waals surface area contributed by atoms with Gasteiger partial charge in [0.05, 0.1) is 16.7 Å². The van der Waals surface area contributed by atoms with Gasteiger partial charge in [0.25, 0.3) is 0 Å². The van der Waals surface area contributed by atoms with Gasteiger partial charge >= 0.3 is 0 Å². The number of hydrogen-bond acceptors (Lipinski definition) is 2. The van der Waals surface area contributed by atoms with Crippen LogP contribution in [-0.2, 0) is 0 Å². The molecule has 0 saturated carbocycles. The van der Waals surface area contributed by atoms with Crippen molar-refractivity contribution in [3.63, 3.8) is 0 Å². The molecule has 274 valence electrons. The topological polar surface area (TPSA) is 30.7 Å². The molecule has 0 unspecified atom stereocenters. The molecule has 59 heavy (non-hydrogen) atoms. The molecule has 0 bridgehead atoms. The Bertz CT molecular complexity index is 3400. The van der Waals surface area contributed by atoms with Crippen LogP contribution < -0.4 is 0 Å². The highest BCUT2D eigenvalue weighted by molar-refractivity contribution is 6.18. The highest BCUT2D eigenvalue weighted by atomic mass is 15.0. The van der Waals surface area contributed by atoms with Crippen molar-refractivity contribution in [1.29, 1.82) is 0 Å². The van der Waals surface area contributed by atoms with E-state index >= 15 is 0 Å². The first-order valence-corrected chi connectivity index (χ1v) is 20.2. The third-order valence-electron chi connectivity index (χ3n) is 11.9. The van der Waals surface area contributed by atoms with Crippen LogP contribution in [0, 0.1) is 0 Å². The predicted octanol–water partition coefficient (Wildman–Crippen LogP) is 14.7. The van der Waals surface area contributed by atoms with Gasteiger partial charge in [0.1, 0.15) is 5.52 Å². The molecular formula is C56H35N3. The monoisotopic (exact) mass is 749 g/mol. The van der Waals surface area contributed by atoms with E-state index in [1.165, 1.54) is 49.7 Å². The van der Waals surface area contributed by atoms with E-state index in [1.807, 2.05) is 0 Å². The Balaban J connectivity index is 1.02. The lowest BCUT2D eigenvalue weighted by molar-refractivity contribution is 1.15. The first kappa shape index (κ1) is 33.3. The number of para-hydroxylation sites is 2. The fourth-order valence-corrected chi connectivity index (χ4v) is 9.26. The lowest BCUT2D eigenvalue weighted by Gasteiger charge is -2.14. The lowest BCUT2D eigenvalue weighted by atomic mass is 9.92. The summed E-state index contributed by atoms with van der Waals surface area (Å²) in [5.41, 5.74) is 19.2. The minimum absolute atomic E-state index is 0.693. The molecule has 3 nitrogen and oxygen atoms in total. The van der Waals surface area contributed by atoms with E-state index < -0.39 is 0 Å². The van der Waals surface area contributed by atoms with E-state index in [0.29, 0.717) is 5.82 Å². The molecule has 11 aromatic rings. The van der Waals surface area contributed by atoms with Crippen LogP contribution in [0.5, 0.6) is 0 Å². The van der Waals surface area contributed by atoms with Gasteiger partial charge in [-0.25, -0.2) is 9.97 Å². The third kappa shape index (κ3) is 5.36. The van der Waals surface area contributed by atoms with Crippen molar-refractivity contribution in [2.24, 2.45) is 0 Å². The van der Waals surface area contributed by atoms with Crippen molar-refractivity contribution in [1.82, 2.24) is 14.5 Å². The second-order valence-electron chi connectivity index (χ2n) is 15.3. The molecule has 0 fully saturated rings. The largest absolute Gasteiger partial charge is 0.306 e. The minimum atomic E-state index is 0.693. The molecular weight excluding hydrogens is 715 g/mol. The van der Waals surface area contributed by atoms with Gasteiger partial charge in [-0.3, -0.25) is 0 Å². The molecule has 1 aliphatic carbocycles. The Hall–Kier alpha value is -7.88. The number of benzene rings is 9. The first-order chi connectivity index (χ1) is 29.3. The number of rotatable bonds is 6. The zero-order chi connectivity index (χ0) is 38.9. The summed E-state index contributed by atoms with van der Waals surface area (Å²) >= 11 is 0. The lowest BCUT2D eigenvalue weighted by Crippen LogP contribution is -2.00. The highest BCUT2D eigenvalue weighted by Gasteiger charge is 2.24.